The first kappa shape index (κ1) is 18.3. The Labute approximate surface area is 167 Å². The molecule has 5 nitrogen and oxygen atoms in total. The van der Waals surface area contributed by atoms with Crippen molar-refractivity contribution in [2.75, 3.05) is 32.7 Å². The van der Waals surface area contributed by atoms with Gasteiger partial charge in [-0.3, -0.25) is 4.90 Å². The van der Waals surface area contributed by atoms with Crippen molar-refractivity contribution in [3.63, 3.8) is 0 Å². The van der Waals surface area contributed by atoms with Crippen LogP contribution in [-0.2, 0) is 13.0 Å². The maximum atomic E-state index is 12.4. The average molecular weight is 403 g/mol. The molecule has 4 rings (SSSR count). The van der Waals surface area contributed by atoms with Crippen LogP contribution >= 0.6 is 22.9 Å². The van der Waals surface area contributed by atoms with Crippen molar-refractivity contribution in [1.82, 2.24) is 20.1 Å². The Kier molecular flexibility index (Phi) is 5.66. The molecule has 1 aromatic carbocycles. The molecule has 2 amide bonds. The van der Waals surface area contributed by atoms with E-state index >= 15 is 0 Å². The van der Waals surface area contributed by atoms with Gasteiger partial charge in [0.05, 0.1) is 4.34 Å². The van der Waals surface area contributed by atoms with E-state index in [1.807, 2.05) is 29.3 Å². The van der Waals surface area contributed by atoms with Crippen LogP contribution in [0.15, 0.2) is 42.6 Å². The standard InChI is InChI=1S/C20H23ClN4OS/c21-19-6-5-16(27-19)14-24-9-11-25(12-10-24)20(26)22-8-7-15-13-23-18-4-2-1-3-17(15)18/h1-6,13,23H,7-12,14H2,(H,22,26). The van der Waals surface area contributed by atoms with Gasteiger partial charge in [-0.05, 0) is 30.2 Å². The van der Waals surface area contributed by atoms with Crippen LogP contribution in [0, 0.1) is 0 Å². The minimum absolute atomic E-state index is 0.0358. The minimum Gasteiger partial charge on any atom is -0.361 e. The second-order valence-electron chi connectivity index (χ2n) is 6.81. The van der Waals surface area contributed by atoms with E-state index in [-0.39, 0.29) is 6.03 Å². The molecule has 1 fully saturated rings. The topological polar surface area (TPSA) is 51.4 Å². The summed E-state index contributed by atoms with van der Waals surface area (Å²) >= 11 is 7.62. The number of hydrogen-bond acceptors (Lipinski definition) is 3. The zero-order chi connectivity index (χ0) is 18.6. The lowest BCUT2D eigenvalue weighted by Crippen LogP contribution is -2.51. The van der Waals surface area contributed by atoms with E-state index in [0.29, 0.717) is 6.54 Å². The largest absolute Gasteiger partial charge is 0.361 e. The van der Waals surface area contributed by atoms with Gasteiger partial charge in [0.2, 0.25) is 0 Å². The Hall–Kier alpha value is -2.02. The van der Waals surface area contributed by atoms with Crippen LogP contribution in [0.5, 0.6) is 0 Å². The van der Waals surface area contributed by atoms with Crippen molar-refractivity contribution in [3.05, 3.63) is 57.4 Å². The highest BCUT2D eigenvalue weighted by molar-refractivity contribution is 7.16. The van der Waals surface area contributed by atoms with Gasteiger partial charge in [0.15, 0.2) is 0 Å². The highest BCUT2D eigenvalue weighted by atomic mass is 35.5. The lowest BCUT2D eigenvalue weighted by molar-refractivity contribution is 0.136. The molecule has 27 heavy (non-hydrogen) atoms. The molecule has 2 aromatic heterocycles. The van der Waals surface area contributed by atoms with Crippen molar-refractivity contribution >= 4 is 39.9 Å². The zero-order valence-corrected chi connectivity index (χ0v) is 16.7. The number of carbonyl (C=O) groups is 1. The van der Waals surface area contributed by atoms with Crippen LogP contribution in [0.1, 0.15) is 10.4 Å². The third kappa shape index (κ3) is 4.46. The number of rotatable bonds is 5. The molecule has 3 aromatic rings. The number of piperazine rings is 1. The molecule has 0 radical (unpaired) electrons. The summed E-state index contributed by atoms with van der Waals surface area (Å²) in [4.78, 5) is 21.3. The summed E-state index contributed by atoms with van der Waals surface area (Å²) < 4.78 is 0.832. The Morgan fingerprint density at radius 1 is 1.15 bits per heavy atom. The molecule has 0 bridgehead atoms. The summed E-state index contributed by atoms with van der Waals surface area (Å²) in [5.41, 5.74) is 2.38. The molecule has 3 heterocycles. The fraction of sp³-hybridized carbons (Fsp3) is 0.350. The lowest BCUT2D eigenvalue weighted by Gasteiger charge is -2.34. The number of aromatic amines is 1. The number of nitrogens with zero attached hydrogens (tertiary/aromatic N) is 2. The number of aromatic nitrogens is 1. The first-order chi connectivity index (χ1) is 13.2. The molecule has 0 spiro atoms. The number of carbonyl (C=O) groups excluding carboxylic acids is 1. The first-order valence-electron chi connectivity index (χ1n) is 9.23. The van der Waals surface area contributed by atoms with E-state index in [2.05, 4.69) is 33.4 Å². The van der Waals surface area contributed by atoms with Gasteiger partial charge in [-0.15, -0.1) is 11.3 Å². The number of hydrogen-bond donors (Lipinski definition) is 2. The normalized spacial score (nSPS) is 15.4. The number of nitrogens with one attached hydrogen (secondary N) is 2. The molecular formula is C20H23ClN4OS. The maximum absolute atomic E-state index is 12.4. The predicted octanol–water partition coefficient (Wildman–Crippen LogP) is 3.95. The Bertz CT molecular complexity index is 913. The Morgan fingerprint density at radius 3 is 2.74 bits per heavy atom. The van der Waals surface area contributed by atoms with Crippen LogP contribution in [0.25, 0.3) is 10.9 Å². The van der Waals surface area contributed by atoms with Gasteiger partial charge < -0.3 is 15.2 Å². The quantitative estimate of drug-likeness (QED) is 0.678. The molecular weight excluding hydrogens is 380 g/mol. The van der Waals surface area contributed by atoms with E-state index in [1.165, 1.54) is 15.8 Å². The molecule has 1 aliphatic rings. The van der Waals surface area contributed by atoms with Crippen molar-refractivity contribution < 1.29 is 4.79 Å². The molecule has 0 atom stereocenters. The second-order valence-corrected chi connectivity index (χ2v) is 8.61. The number of halogens is 1. The third-order valence-corrected chi connectivity index (χ3v) is 6.23. The lowest BCUT2D eigenvalue weighted by atomic mass is 10.1. The average Bonchev–Trinajstić information content (AvgIpc) is 3.28. The van der Waals surface area contributed by atoms with Gasteiger partial charge in [0.1, 0.15) is 0 Å². The highest BCUT2D eigenvalue weighted by Gasteiger charge is 2.21. The van der Waals surface area contributed by atoms with Gasteiger partial charge in [0, 0.05) is 61.2 Å². The molecule has 1 saturated heterocycles. The monoisotopic (exact) mass is 402 g/mol. The predicted molar refractivity (Wildman–Crippen MR) is 112 cm³/mol. The summed E-state index contributed by atoms with van der Waals surface area (Å²) in [6.07, 6.45) is 2.86. The van der Waals surface area contributed by atoms with E-state index in [9.17, 15) is 4.79 Å². The highest BCUT2D eigenvalue weighted by Crippen LogP contribution is 2.23. The number of benzene rings is 1. The molecule has 1 aliphatic heterocycles. The van der Waals surface area contributed by atoms with Crippen LogP contribution < -0.4 is 5.32 Å². The van der Waals surface area contributed by atoms with Crippen LogP contribution in [0.4, 0.5) is 4.79 Å². The molecule has 0 saturated carbocycles. The molecule has 142 valence electrons. The fourth-order valence-corrected chi connectivity index (χ4v) is 4.65. The van der Waals surface area contributed by atoms with E-state index < -0.39 is 0 Å². The van der Waals surface area contributed by atoms with Crippen molar-refractivity contribution in [2.45, 2.75) is 13.0 Å². The number of para-hydroxylation sites is 1. The van der Waals surface area contributed by atoms with E-state index in [0.717, 1.165) is 49.0 Å². The summed E-state index contributed by atoms with van der Waals surface area (Å²) in [6, 6.07) is 12.3. The molecule has 0 unspecified atom stereocenters. The number of urea groups is 1. The van der Waals surface area contributed by atoms with Crippen molar-refractivity contribution in [1.29, 1.82) is 0 Å². The Balaban J connectivity index is 1.21. The first-order valence-corrected chi connectivity index (χ1v) is 10.4. The summed E-state index contributed by atoms with van der Waals surface area (Å²) in [6.45, 7) is 4.87. The molecule has 2 N–H and O–H groups in total. The number of fused-ring (bicyclic) bond motifs is 1. The third-order valence-electron chi connectivity index (χ3n) is 5.01. The SMILES string of the molecule is O=C(NCCc1c[nH]c2ccccc12)N1CCN(Cc2ccc(Cl)s2)CC1. The Morgan fingerprint density at radius 2 is 1.96 bits per heavy atom. The van der Waals surface area contributed by atoms with Crippen molar-refractivity contribution in [3.8, 4) is 0 Å². The molecule has 7 heteroatoms. The zero-order valence-electron chi connectivity index (χ0n) is 15.1. The van der Waals surface area contributed by atoms with Gasteiger partial charge >= 0.3 is 6.03 Å². The van der Waals surface area contributed by atoms with Gasteiger partial charge in [-0.25, -0.2) is 4.79 Å². The van der Waals surface area contributed by atoms with Crippen LogP contribution in [-0.4, -0.2) is 53.5 Å². The summed E-state index contributed by atoms with van der Waals surface area (Å²) in [5, 5.41) is 4.29. The second kappa shape index (κ2) is 8.33. The van der Waals surface area contributed by atoms with Gasteiger partial charge in [-0.1, -0.05) is 29.8 Å². The number of thiophene rings is 1. The van der Waals surface area contributed by atoms with Crippen molar-refractivity contribution in [2.24, 2.45) is 0 Å². The van der Waals surface area contributed by atoms with Gasteiger partial charge in [0.25, 0.3) is 0 Å². The summed E-state index contributed by atoms with van der Waals surface area (Å²) in [5.74, 6) is 0. The fourth-order valence-electron chi connectivity index (χ4n) is 3.52. The maximum Gasteiger partial charge on any atom is 0.317 e. The minimum atomic E-state index is 0.0358. The van der Waals surface area contributed by atoms with Crippen LogP contribution in [0.3, 0.4) is 0 Å². The smallest absolute Gasteiger partial charge is 0.317 e. The van der Waals surface area contributed by atoms with Gasteiger partial charge in [-0.2, -0.15) is 0 Å². The van der Waals surface area contributed by atoms with E-state index in [1.54, 1.807) is 11.3 Å². The van der Waals surface area contributed by atoms with E-state index in [4.69, 9.17) is 11.6 Å². The molecule has 0 aliphatic carbocycles. The number of H-pyrrole nitrogens is 1. The number of amides is 2. The summed E-state index contributed by atoms with van der Waals surface area (Å²) in [7, 11) is 0. The van der Waals surface area contributed by atoms with Crippen LogP contribution in [0.2, 0.25) is 4.34 Å².